The third-order valence-corrected chi connectivity index (χ3v) is 2.50. The zero-order valence-electron chi connectivity index (χ0n) is 9.03. The van der Waals surface area contributed by atoms with Crippen LogP contribution in [-0.4, -0.2) is 0 Å². The molecule has 1 radical (unpaired) electrons. The quantitative estimate of drug-likeness (QED) is 0.691. The van der Waals surface area contributed by atoms with Crippen LogP contribution in [0.25, 0.3) is 11.1 Å². The Morgan fingerprint density at radius 2 is 1.73 bits per heavy atom. The topological polar surface area (TPSA) is 0 Å². The van der Waals surface area contributed by atoms with Crippen molar-refractivity contribution in [2.24, 2.45) is 0 Å². The first-order valence-corrected chi connectivity index (χ1v) is 5.46. The monoisotopic (exact) mass is 195 g/mol. The molecular weight excluding hydrogens is 180 g/mol. The fraction of sp³-hybridized carbons (Fsp3) is 0.200. The standard InChI is InChI=1S/C15H15/c1-2-6-13-9-11-15(12-10-13)14-7-4-3-5-8-14/h3-5,7-9,11-12H,2,6H2,1H3. The highest BCUT2D eigenvalue weighted by atomic mass is 14.0. The first-order chi connectivity index (χ1) is 7.40. The van der Waals surface area contributed by atoms with Gasteiger partial charge in [0.25, 0.3) is 0 Å². The largest absolute Gasteiger partial charge is 0.0651 e. The summed E-state index contributed by atoms with van der Waals surface area (Å²) in [5.74, 6) is 0. The number of hydrogen-bond acceptors (Lipinski definition) is 0. The molecular formula is C15H15. The molecule has 0 N–H and O–H groups in total. The SMILES string of the molecule is CCCc1[c]cc(-c2ccccc2)cc1. The van der Waals surface area contributed by atoms with Gasteiger partial charge < -0.3 is 0 Å². The van der Waals surface area contributed by atoms with Crippen molar-refractivity contribution >= 4 is 0 Å². The van der Waals surface area contributed by atoms with E-state index in [1.54, 1.807) is 0 Å². The lowest BCUT2D eigenvalue weighted by molar-refractivity contribution is 0.920. The van der Waals surface area contributed by atoms with E-state index in [0.717, 1.165) is 6.42 Å². The molecule has 15 heavy (non-hydrogen) atoms. The van der Waals surface area contributed by atoms with Crippen LogP contribution in [0.3, 0.4) is 0 Å². The molecule has 0 aliphatic carbocycles. The molecule has 0 atom stereocenters. The molecule has 2 aromatic rings. The normalized spacial score (nSPS) is 10.2. The first-order valence-electron chi connectivity index (χ1n) is 5.46. The fourth-order valence-corrected chi connectivity index (χ4v) is 1.69. The van der Waals surface area contributed by atoms with Crippen molar-refractivity contribution in [3.63, 3.8) is 0 Å². The Kier molecular flexibility index (Phi) is 3.18. The maximum absolute atomic E-state index is 3.34. The number of aryl methyl sites for hydroxylation is 1. The van der Waals surface area contributed by atoms with Gasteiger partial charge >= 0.3 is 0 Å². The number of benzene rings is 2. The van der Waals surface area contributed by atoms with Gasteiger partial charge in [0.05, 0.1) is 0 Å². The Hall–Kier alpha value is -1.56. The summed E-state index contributed by atoms with van der Waals surface area (Å²) in [4.78, 5) is 0. The van der Waals surface area contributed by atoms with Crippen molar-refractivity contribution in [3.8, 4) is 11.1 Å². The van der Waals surface area contributed by atoms with Gasteiger partial charge in [-0.2, -0.15) is 0 Å². The van der Waals surface area contributed by atoms with Crippen molar-refractivity contribution in [1.29, 1.82) is 0 Å². The lowest BCUT2D eigenvalue weighted by Gasteiger charge is -2.02. The van der Waals surface area contributed by atoms with Crippen molar-refractivity contribution in [1.82, 2.24) is 0 Å². The molecule has 2 aromatic carbocycles. The summed E-state index contributed by atoms with van der Waals surface area (Å²) in [7, 11) is 0. The van der Waals surface area contributed by atoms with Gasteiger partial charge in [-0.1, -0.05) is 55.8 Å². The van der Waals surface area contributed by atoms with E-state index < -0.39 is 0 Å². The molecule has 75 valence electrons. The van der Waals surface area contributed by atoms with Crippen LogP contribution in [0.4, 0.5) is 0 Å². The third kappa shape index (κ3) is 2.47. The summed E-state index contributed by atoms with van der Waals surface area (Å²) in [5.41, 5.74) is 3.81. The maximum Gasteiger partial charge on any atom is -0.0143 e. The third-order valence-electron chi connectivity index (χ3n) is 2.50. The average Bonchev–Trinajstić information content (AvgIpc) is 2.32. The van der Waals surface area contributed by atoms with Gasteiger partial charge in [0.2, 0.25) is 0 Å². The minimum Gasteiger partial charge on any atom is -0.0651 e. The second-order valence-electron chi connectivity index (χ2n) is 3.72. The molecule has 0 nitrogen and oxygen atoms in total. The van der Waals surface area contributed by atoms with Crippen molar-refractivity contribution in [3.05, 3.63) is 60.2 Å². The van der Waals surface area contributed by atoms with Crippen LogP contribution in [0.1, 0.15) is 18.9 Å². The smallest absolute Gasteiger partial charge is 0.0143 e. The number of hydrogen-bond donors (Lipinski definition) is 0. The zero-order valence-corrected chi connectivity index (χ0v) is 9.03. The van der Waals surface area contributed by atoms with Gasteiger partial charge in [-0.15, -0.1) is 0 Å². The van der Waals surface area contributed by atoms with E-state index in [1.165, 1.54) is 23.1 Å². The molecule has 0 unspecified atom stereocenters. The van der Waals surface area contributed by atoms with E-state index in [2.05, 4.69) is 55.5 Å². The predicted molar refractivity (Wildman–Crippen MR) is 64.7 cm³/mol. The van der Waals surface area contributed by atoms with Crippen LogP contribution in [0.2, 0.25) is 0 Å². The van der Waals surface area contributed by atoms with E-state index in [9.17, 15) is 0 Å². The summed E-state index contributed by atoms with van der Waals surface area (Å²) in [6.45, 7) is 2.19. The number of rotatable bonds is 3. The summed E-state index contributed by atoms with van der Waals surface area (Å²) in [6.07, 6.45) is 2.30. The Bertz CT molecular complexity index is 398. The van der Waals surface area contributed by atoms with Crippen LogP contribution in [0.15, 0.2) is 48.5 Å². The van der Waals surface area contributed by atoms with Crippen LogP contribution in [0.5, 0.6) is 0 Å². The fourth-order valence-electron chi connectivity index (χ4n) is 1.69. The van der Waals surface area contributed by atoms with Crippen molar-refractivity contribution < 1.29 is 0 Å². The molecule has 0 heterocycles. The summed E-state index contributed by atoms with van der Waals surface area (Å²) in [6, 6.07) is 20.2. The van der Waals surface area contributed by atoms with Gasteiger partial charge in [0.15, 0.2) is 0 Å². The van der Waals surface area contributed by atoms with Crippen LogP contribution >= 0.6 is 0 Å². The van der Waals surface area contributed by atoms with Crippen molar-refractivity contribution in [2.75, 3.05) is 0 Å². The summed E-state index contributed by atoms with van der Waals surface area (Å²) >= 11 is 0. The van der Waals surface area contributed by atoms with Gasteiger partial charge in [0.1, 0.15) is 0 Å². The molecule has 0 bridgehead atoms. The Morgan fingerprint density at radius 3 is 2.33 bits per heavy atom. The van der Waals surface area contributed by atoms with Gasteiger partial charge in [-0.25, -0.2) is 0 Å². The predicted octanol–water partition coefficient (Wildman–Crippen LogP) is 4.11. The Labute approximate surface area is 91.6 Å². The highest BCUT2D eigenvalue weighted by molar-refractivity contribution is 5.63. The highest BCUT2D eigenvalue weighted by Crippen LogP contribution is 2.19. The zero-order chi connectivity index (χ0) is 10.5. The molecule has 0 aliphatic rings. The Morgan fingerprint density at radius 1 is 0.933 bits per heavy atom. The second-order valence-corrected chi connectivity index (χ2v) is 3.72. The van der Waals surface area contributed by atoms with Crippen LogP contribution in [-0.2, 0) is 6.42 Å². The second kappa shape index (κ2) is 4.79. The first kappa shape index (κ1) is 9.97. The summed E-state index contributed by atoms with van der Waals surface area (Å²) in [5, 5.41) is 0. The molecule has 0 heteroatoms. The minimum absolute atomic E-state index is 1.12. The van der Waals surface area contributed by atoms with E-state index in [-0.39, 0.29) is 0 Å². The molecule has 0 amide bonds. The molecule has 0 saturated carbocycles. The highest BCUT2D eigenvalue weighted by Gasteiger charge is 1.96. The van der Waals surface area contributed by atoms with Gasteiger partial charge in [-0.05, 0) is 35.2 Å². The molecule has 2 rings (SSSR count). The van der Waals surface area contributed by atoms with Crippen molar-refractivity contribution in [2.45, 2.75) is 19.8 Å². The molecule has 0 spiro atoms. The van der Waals surface area contributed by atoms with E-state index >= 15 is 0 Å². The van der Waals surface area contributed by atoms with Crippen LogP contribution in [0, 0.1) is 6.07 Å². The molecule has 0 aliphatic heterocycles. The van der Waals surface area contributed by atoms with E-state index in [0.29, 0.717) is 0 Å². The molecule has 0 fully saturated rings. The Balaban J connectivity index is 2.24. The van der Waals surface area contributed by atoms with Crippen LogP contribution < -0.4 is 0 Å². The van der Waals surface area contributed by atoms with E-state index in [4.69, 9.17) is 0 Å². The summed E-state index contributed by atoms with van der Waals surface area (Å²) < 4.78 is 0. The van der Waals surface area contributed by atoms with Gasteiger partial charge in [0, 0.05) is 0 Å². The maximum atomic E-state index is 3.34. The lowest BCUT2D eigenvalue weighted by Crippen LogP contribution is -1.83. The molecule has 0 saturated heterocycles. The average molecular weight is 195 g/mol. The van der Waals surface area contributed by atoms with E-state index in [1.807, 2.05) is 6.07 Å². The lowest BCUT2D eigenvalue weighted by atomic mass is 10.0. The molecule has 0 aromatic heterocycles. The van der Waals surface area contributed by atoms with Gasteiger partial charge in [-0.3, -0.25) is 0 Å². The minimum atomic E-state index is 1.12.